The summed E-state index contributed by atoms with van der Waals surface area (Å²) in [6, 6.07) is 0. The SMILES string of the molecule is CC(=N)N(C)CCOCC1CC1. The fourth-order valence-electron chi connectivity index (χ4n) is 0.904. The minimum absolute atomic E-state index is 0.602. The van der Waals surface area contributed by atoms with Crippen LogP contribution in [0.2, 0.25) is 0 Å². The topological polar surface area (TPSA) is 36.3 Å². The molecule has 0 aliphatic heterocycles. The highest BCUT2D eigenvalue weighted by Gasteiger charge is 2.20. The van der Waals surface area contributed by atoms with Crippen LogP contribution in [0.15, 0.2) is 0 Å². The van der Waals surface area contributed by atoms with Crippen LogP contribution in [0.1, 0.15) is 19.8 Å². The Hall–Kier alpha value is -0.570. The maximum Gasteiger partial charge on any atom is 0.0924 e. The number of likely N-dealkylation sites (N-methyl/N-ethyl adjacent to an activating group) is 1. The first-order chi connectivity index (χ1) is 5.70. The Bertz CT molecular complexity index is 155. The molecular weight excluding hydrogens is 152 g/mol. The van der Waals surface area contributed by atoms with Gasteiger partial charge in [0.2, 0.25) is 0 Å². The molecule has 0 aromatic heterocycles. The highest BCUT2D eigenvalue weighted by molar-refractivity contribution is 5.75. The van der Waals surface area contributed by atoms with Crippen molar-refractivity contribution in [3.8, 4) is 0 Å². The lowest BCUT2D eigenvalue weighted by atomic mass is 10.5. The number of nitrogens with one attached hydrogen (secondary N) is 1. The van der Waals surface area contributed by atoms with E-state index in [0.717, 1.165) is 25.7 Å². The Kier molecular flexibility index (Phi) is 3.53. The summed E-state index contributed by atoms with van der Waals surface area (Å²) in [5.74, 6) is 1.45. The van der Waals surface area contributed by atoms with Gasteiger partial charge < -0.3 is 9.64 Å². The summed E-state index contributed by atoms with van der Waals surface area (Å²) in [5.41, 5.74) is 0. The van der Waals surface area contributed by atoms with Crippen molar-refractivity contribution in [3.05, 3.63) is 0 Å². The third kappa shape index (κ3) is 3.72. The molecule has 0 aromatic rings. The van der Waals surface area contributed by atoms with Gasteiger partial charge in [-0.15, -0.1) is 0 Å². The molecule has 0 unspecified atom stereocenters. The Labute approximate surface area is 74.2 Å². The van der Waals surface area contributed by atoms with Crippen LogP contribution in [-0.4, -0.2) is 37.5 Å². The van der Waals surface area contributed by atoms with Gasteiger partial charge in [-0.25, -0.2) is 0 Å². The fourth-order valence-corrected chi connectivity index (χ4v) is 0.904. The minimum atomic E-state index is 0.602. The first kappa shape index (κ1) is 9.52. The molecule has 1 N–H and O–H groups in total. The molecule has 0 radical (unpaired) electrons. The lowest BCUT2D eigenvalue weighted by Crippen LogP contribution is -2.27. The zero-order chi connectivity index (χ0) is 8.97. The quantitative estimate of drug-likeness (QED) is 0.384. The van der Waals surface area contributed by atoms with Crippen molar-refractivity contribution in [1.82, 2.24) is 4.90 Å². The van der Waals surface area contributed by atoms with Crippen LogP contribution in [0.5, 0.6) is 0 Å². The van der Waals surface area contributed by atoms with Gasteiger partial charge in [-0.1, -0.05) is 0 Å². The molecule has 3 heteroatoms. The van der Waals surface area contributed by atoms with Crippen LogP contribution in [0.25, 0.3) is 0 Å². The molecular formula is C9H18N2O. The maximum absolute atomic E-state index is 7.30. The number of amidine groups is 1. The number of ether oxygens (including phenoxy) is 1. The van der Waals surface area contributed by atoms with Gasteiger partial charge in [-0.3, -0.25) is 5.41 Å². The Balaban J connectivity index is 1.89. The largest absolute Gasteiger partial charge is 0.379 e. The van der Waals surface area contributed by atoms with E-state index in [1.54, 1.807) is 6.92 Å². The van der Waals surface area contributed by atoms with Gasteiger partial charge in [-0.05, 0) is 25.7 Å². The van der Waals surface area contributed by atoms with Crippen molar-refractivity contribution < 1.29 is 4.74 Å². The van der Waals surface area contributed by atoms with E-state index >= 15 is 0 Å². The van der Waals surface area contributed by atoms with E-state index in [-0.39, 0.29) is 0 Å². The zero-order valence-electron chi connectivity index (χ0n) is 7.97. The van der Waals surface area contributed by atoms with Crippen LogP contribution in [-0.2, 0) is 4.74 Å². The van der Waals surface area contributed by atoms with E-state index < -0.39 is 0 Å². The number of rotatable bonds is 5. The second-order valence-corrected chi connectivity index (χ2v) is 3.53. The van der Waals surface area contributed by atoms with E-state index in [1.807, 2.05) is 11.9 Å². The number of hydrogen-bond donors (Lipinski definition) is 1. The van der Waals surface area contributed by atoms with Crippen molar-refractivity contribution in [1.29, 1.82) is 5.41 Å². The van der Waals surface area contributed by atoms with Crippen molar-refractivity contribution >= 4 is 5.84 Å². The van der Waals surface area contributed by atoms with Gasteiger partial charge in [0.1, 0.15) is 0 Å². The molecule has 70 valence electrons. The third-order valence-electron chi connectivity index (χ3n) is 2.19. The molecule has 1 fully saturated rings. The molecule has 12 heavy (non-hydrogen) atoms. The maximum atomic E-state index is 7.30. The summed E-state index contributed by atoms with van der Waals surface area (Å²) in [4.78, 5) is 1.90. The summed E-state index contributed by atoms with van der Waals surface area (Å²) in [6.07, 6.45) is 2.69. The van der Waals surface area contributed by atoms with E-state index in [1.165, 1.54) is 12.8 Å². The highest BCUT2D eigenvalue weighted by atomic mass is 16.5. The second-order valence-electron chi connectivity index (χ2n) is 3.53. The van der Waals surface area contributed by atoms with E-state index in [9.17, 15) is 0 Å². The van der Waals surface area contributed by atoms with Gasteiger partial charge in [-0.2, -0.15) is 0 Å². The Morgan fingerprint density at radius 3 is 2.75 bits per heavy atom. The summed E-state index contributed by atoms with van der Waals surface area (Å²) < 4.78 is 5.44. The van der Waals surface area contributed by atoms with Gasteiger partial charge >= 0.3 is 0 Å². The van der Waals surface area contributed by atoms with E-state index in [0.29, 0.717) is 5.84 Å². The van der Waals surface area contributed by atoms with Crippen molar-refractivity contribution in [3.63, 3.8) is 0 Å². The summed E-state index contributed by atoms with van der Waals surface area (Å²) in [7, 11) is 1.92. The molecule has 0 atom stereocenters. The molecule has 0 bridgehead atoms. The monoisotopic (exact) mass is 170 g/mol. The lowest BCUT2D eigenvalue weighted by Gasteiger charge is -2.16. The molecule has 3 nitrogen and oxygen atoms in total. The van der Waals surface area contributed by atoms with Crippen molar-refractivity contribution in [2.75, 3.05) is 26.8 Å². The average molecular weight is 170 g/mol. The van der Waals surface area contributed by atoms with Crippen molar-refractivity contribution in [2.45, 2.75) is 19.8 Å². The third-order valence-corrected chi connectivity index (χ3v) is 2.19. The van der Waals surface area contributed by atoms with Crippen LogP contribution in [0, 0.1) is 11.3 Å². The summed E-state index contributed by atoms with van der Waals surface area (Å²) in [6.45, 7) is 4.30. The summed E-state index contributed by atoms with van der Waals surface area (Å²) >= 11 is 0. The normalized spacial score (nSPS) is 16.2. The lowest BCUT2D eigenvalue weighted by molar-refractivity contribution is 0.115. The standard InChI is InChI=1S/C9H18N2O/c1-8(10)11(2)5-6-12-7-9-3-4-9/h9-10H,3-7H2,1-2H3. The zero-order valence-corrected chi connectivity index (χ0v) is 7.97. The predicted molar refractivity (Wildman–Crippen MR) is 49.6 cm³/mol. The molecule has 0 aromatic carbocycles. The Morgan fingerprint density at radius 2 is 2.25 bits per heavy atom. The summed E-state index contributed by atoms with van der Waals surface area (Å²) in [5, 5.41) is 7.30. The van der Waals surface area contributed by atoms with E-state index in [4.69, 9.17) is 10.1 Å². The molecule has 1 aliphatic rings. The van der Waals surface area contributed by atoms with E-state index in [2.05, 4.69) is 0 Å². The molecule has 0 saturated heterocycles. The molecule has 1 aliphatic carbocycles. The van der Waals surface area contributed by atoms with Crippen LogP contribution < -0.4 is 0 Å². The first-order valence-corrected chi connectivity index (χ1v) is 4.54. The highest BCUT2D eigenvalue weighted by Crippen LogP contribution is 2.28. The van der Waals surface area contributed by atoms with Crippen LogP contribution >= 0.6 is 0 Å². The van der Waals surface area contributed by atoms with Gasteiger partial charge in [0.05, 0.1) is 12.4 Å². The smallest absolute Gasteiger partial charge is 0.0924 e. The van der Waals surface area contributed by atoms with Gasteiger partial charge in [0.15, 0.2) is 0 Å². The number of hydrogen-bond acceptors (Lipinski definition) is 2. The fraction of sp³-hybridized carbons (Fsp3) is 0.889. The minimum Gasteiger partial charge on any atom is -0.379 e. The first-order valence-electron chi connectivity index (χ1n) is 4.54. The Morgan fingerprint density at radius 1 is 1.58 bits per heavy atom. The van der Waals surface area contributed by atoms with Crippen LogP contribution in [0.4, 0.5) is 0 Å². The van der Waals surface area contributed by atoms with Crippen molar-refractivity contribution in [2.24, 2.45) is 5.92 Å². The average Bonchev–Trinajstić information content (AvgIpc) is 2.80. The molecule has 1 saturated carbocycles. The molecule has 0 heterocycles. The molecule has 1 rings (SSSR count). The number of nitrogens with zero attached hydrogens (tertiary/aromatic N) is 1. The molecule has 0 amide bonds. The van der Waals surface area contributed by atoms with Gasteiger partial charge in [0.25, 0.3) is 0 Å². The predicted octanol–water partition coefficient (Wildman–Crippen LogP) is 1.34. The second kappa shape index (κ2) is 4.45. The van der Waals surface area contributed by atoms with Crippen LogP contribution in [0.3, 0.4) is 0 Å². The van der Waals surface area contributed by atoms with Gasteiger partial charge in [0, 0.05) is 20.2 Å². The molecule has 0 spiro atoms.